The molecule has 0 spiro atoms. The fourth-order valence-corrected chi connectivity index (χ4v) is 4.13. The summed E-state index contributed by atoms with van der Waals surface area (Å²) in [7, 11) is 0. The summed E-state index contributed by atoms with van der Waals surface area (Å²) in [5, 5.41) is 9.65. The van der Waals surface area contributed by atoms with Crippen molar-refractivity contribution in [3.8, 4) is 22.6 Å². The van der Waals surface area contributed by atoms with Gasteiger partial charge in [0.1, 0.15) is 22.7 Å². The Morgan fingerprint density at radius 2 is 1.89 bits per heavy atom. The van der Waals surface area contributed by atoms with Crippen LogP contribution in [0.2, 0.25) is 5.02 Å². The molecule has 1 aliphatic rings. The predicted octanol–water partition coefficient (Wildman–Crippen LogP) is 5.77. The Bertz CT molecular complexity index is 1300. The standard InChI is InChI=1S/C26H26ClN3O5/c1-26(2,3)35-25(33)30-10-9-15-11-16(7-8-17(15)14-30)18-12-22(28)29-13-21(18)34-20-6-4-5-19(27)23(20)24(31)32/h4-8,11-13H,9-10,14H2,1-3H3,(H2,28,29)(H,31,32). The molecule has 2 heterocycles. The number of halogens is 1. The van der Waals surface area contributed by atoms with Crippen LogP contribution in [0.4, 0.5) is 10.6 Å². The number of nitrogens with zero attached hydrogens (tertiary/aromatic N) is 2. The van der Waals surface area contributed by atoms with Crippen molar-refractivity contribution in [3.63, 3.8) is 0 Å². The number of carbonyl (C=O) groups is 2. The molecule has 2 aromatic carbocycles. The van der Waals surface area contributed by atoms with Crippen LogP contribution in [0.1, 0.15) is 42.3 Å². The normalized spacial score (nSPS) is 13.2. The summed E-state index contributed by atoms with van der Waals surface area (Å²) in [5.74, 6) is -0.455. The molecule has 4 rings (SSSR count). The van der Waals surface area contributed by atoms with Gasteiger partial charge in [-0.3, -0.25) is 0 Å². The van der Waals surface area contributed by atoms with E-state index in [0.717, 1.165) is 16.7 Å². The SMILES string of the molecule is CC(C)(C)OC(=O)N1CCc2cc(-c3cc(N)ncc3Oc3cccc(Cl)c3C(=O)O)ccc2C1. The van der Waals surface area contributed by atoms with Crippen LogP contribution in [0.25, 0.3) is 11.1 Å². The van der Waals surface area contributed by atoms with Gasteiger partial charge in [0, 0.05) is 18.7 Å². The number of nitrogens with two attached hydrogens (primary N) is 1. The van der Waals surface area contributed by atoms with Crippen LogP contribution >= 0.6 is 11.6 Å². The molecule has 0 radical (unpaired) electrons. The highest BCUT2D eigenvalue weighted by molar-refractivity contribution is 6.33. The average molecular weight is 496 g/mol. The molecule has 0 aliphatic carbocycles. The molecule has 35 heavy (non-hydrogen) atoms. The molecule has 0 saturated carbocycles. The minimum atomic E-state index is -1.20. The molecule has 0 bridgehead atoms. The molecule has 3 aromatic rings. The maximum absolute atomic E-state index is 12.5. The molecule has 3 N–H and O–H groups in total. The Morgan fingerprint density at radius 3 is 2.60 bits per heavy atom. The van der Waals surface area contributed by atoms with E-state index in [0.29, 0.717) is 36.6 Å². The number of anilines is 1. The van der Waals surface area contributed by atoms with Gasteiger partial charge < -0.3 is 25.2 Å². The van der Waals surface area contributed by atoms with Crippen molar-refractivity contribution in [1.29, 1.82) is 0 Å². The maximum Gasteiger partial charge on any atom is 0.410 e. The van der Waals surface area contributed by atoms with Gasteiger partial charge in [0.15, 0.2) is 5.75 Å². The molecule has 0 fully saturated rings. The highest BCUT2D eigenvalue weighted by atomic mass is 35.5. The number of benzene rings is 2. The number of aromatic carboxylic acids is 1. The Kier molecular flexibility index (Phi) is 6.58. The van der Waals surface area contributed by atoms with Crippen LogP contribution in [0.15, 0.2) is 48.7 Å². The van der Waals surface area contributed by atoms with Crippen molar-refractivity contribution in [2.75, 3.05) is 12.3 Å². The molecule has 1 aliphatic heterocycles. The smallest absolute Gasteiger partial charge is 0.410 e. The summed E-state index contributed by atoms with van der Waals surface area (Å²) < 4.78 is 11.5. The third-order valence-electron chi connectivity index (χ3n) is 5.48. The zero-order valence-corrected chi connectivity index (χ0v) is 20.4. The first-order valence-corrected chi connectivity index (χ1v) is 11.4. The molecular weight excluding hydrogens is 470 g/mol. The number of carboxylic acid groups (broad SMARTS) is 1. The van der Waals surface area contributed by atoms with E-state index in [9.17, 15) is 14.7 Å². The van der Waals surface area contributed by atoms with Gasteiger partial charge in [-0.1, -0.05) is 35.9 Å². The fraction of sp³-hybridized carbons (Fsp3) is 0.269. The minimum absolute atomic E-state index is 0.0725. The molecule has 1 amide bonds. The molecule has 0 saturated heterocycles. The fourth-order valence-electron chi connectivity index (χ4n) is 3.88. The first kappa shape index (κ1) is 24.3. The van der Waals surface area contributed by atoms with E-state index < -0.39 is 11.6 Å². The number of hydrogen-bond acceptors (Lipinski definition) is 6. The summed E-state index contributed by atoms with van der Waals surface area (Å²) in [6, 6.07) is 12.2. The third kappa shape index (κ3) is 5.49. The van der Waals surface area contributed by atoms with Gasteiger partial charge in [-0.05, 0) is 62.1 Å². The van der Waals surface area contributed by atoms with Crippen molar-refractivity contribution < 1.29 is 24.2 Å². The molecular formula is C26H26ClN3O5. The van der Waals surface area contributed by atoms with Crippen molar-refractivity contribution in [1.82, 2.24) is 9.88 Å². The van der Waals surface area contributed by atoms with E-state index >= 15 is 0 Å². The number of hydrogen-bond donors (Lipinski definition) is 2. The largest absolute Gasteiger partial charge is 0.478 e. The first-order chi connectivity index (χ1) is 16.5. The van der Waals surface area contributed by atoms with E-state index in [1.807, 2.05) is 39.0 Å². The molecule has 9 heteroatoms. The van der Waals surface area contributed by atoms with E-state index in [-0.39, 0.29) is 22.4 Å². The third-order valence-corrected chi connectivity index (χ3v) is 5.79. The predicted molar refractivity (Wildman–Crippen MR) is 133 cm³/mol. The Morgan fingerprint density at radius 1 is 1.11 bits per heavy atom. The van der Waals surface area contributed by atoms with Crippen molar-refractivity contribution in [2.45, 2.75) is 39.3 Å². The second-order valence-electron chi connectivity index (χ2n) is 9.26. The summed E-state index contributed by atoms with van der Waals surface area (Å²) in [6.45, 7) is 6.53. The lowest BCUT2D eigenvalue weighted by Gasteiger charge is -2.31. The minimum Gasteiger partial charge on any atom is -0.478 e. The van der Waals surface area contributed by atoms with Crippen LogP contribution in [0, 0.1) is 0 Å². The molecule has 182 valence electrons. The quantitative estimate of drug-likeness (QED) is 0.472. The Balaban J connectivity index is 1.64. The van der Waals surface area contributed by atoms with Gasteiger partial charge in [-0.15, -0.1) is 0 Å². The molecule has 1 aromatic heterocycles. The summed E-state index contributed by atoms with van der Waals surface area (Å²) in [6.07, 6.45) is 1.79. The number of ether oxygens (including phenoxy) is 2. The van der Waals surface area contributed by atoms with Gasteiger partial charge in [-0.25, -0.2) is 14.6 Å². The average Bonchev–Trinajstić information content (AvgIpc) is 2.78. The van der Waals surface area contributed by atoms with Gasteiger partial charge in [0.2, 0.25) is 0 Å². The van der Waals surface area contributed by atoms with Crippen molar-refractivity contribution in [3.05, 3.63) is 70.4 Å². The van der Waals surface area contributed by atoms with Crippen molar-refractivity contribution >= 4 is 29.5 Å². The van der Waals surface area contributed by atoms with Gasteiger partial charge >= 0.3 is 12.1 Å². The number of carboxylic acids is 1. The van der Waals surface area contributed by atoms with Crippen LogP contribution in [0.3, 0.4) is 0 Å². The number of rotatable bonds is 4. The van der Waals surface area contributed by atoms with E-state index in [1.54, 1.807) is 17.0 Å². The van der Waals surface area contributed by atoms with Gasteiger partial charge in [0.05, 0.1) is 11.2 Å². The van der Waals surface area contributed by atoms with Crippen LogP contribution < -0.4 is 10.5 Å². The van der Waals surface area contributed by atoms with Crippen LogP contribution in [0.5, 0.6) is 11.5 Å². The summed E-state index contributed by atoms with van der Waals surface area (Å²) in [5.41, 5.74) is 8.88. The second-order valence-corrected chi connectivity index (χ2v) is 9.67. The summed E-state index contributed by atoms with van der Waals surface area (Å²) in [4.78, 5) is 30.0. The molecule has 0 unspecified atom stereocenters. The van der Waals surface area contributed by atoms with Crippen LogP contribution in [-0.4, -0.2) is 39.2 Å². The van der Waals surface area contributed by atoms with E-state index in [4.69, 9.17) is 26.8 Å². The lowest BCUT2D eigenvalue weighted by Crippen LogP contribution is -2.39. The maximum atomic E-state index is 12.5. The van der Waals surface area contributed by atoms with Crippen molar-refractivity contribution in [2.24, 2.45) is 0 Å². The molecule has 8 nitrogen and oxygen atoms in total. The number of nitrogen functional groups attached to an aromatic ring is 1. The lowest BCUT2D eigenvalue weighted by molar-refractivity contribution is 0.0224. The van der Waals surface area contributed by atoms with Crippen LogP contribution in [-0.2, 0) is 17.7 Å². The van der Waals surface area contributed by atoms with E-state index in [1.165, 1.54) is 18.3 Å². The first-order valence-electron chi connectivity index (χ1n) is 11.1. The lowest BCUT2D eigenvalue weighted by atomic mass is 9.94. The molecule has 0 atom stereocenters. The number of aromatic nitrogens is 1. The number of pyridine rings is 1. The second kappa shape index (κ2) is 9.46. The van der Waals surface area contributed by atoms with E-state index in [2.05, 4.69) is 4.98 Å². The highest BCUT2D eigenvalue weighted by Gasteiger charge is 2.26. The zero-order chi connectivity index (χ0) is 25.3. The summed E-state index contributed by atoms with van der Waals surface area (Å²) >= 11 is 6.09. The monoisotopic (exact) mass is 495 g/mol. The Hall–Kier alpha value is -3.78. The zero-order valence-electron chi connectivity index (χ0n) is 19.7. The highest BCUT2D eigenvalue weighted by Crippen LogP contribution is 2.38. The number of carbonyl (C=O) groups excluding carboxylic acids is 1. The number of amides is 1. The Labute approximate surface area is 208 Å². The topological polar surface area (TPSA) is 115 Å². The van der Waals surface area contributed by atoms with Gasteiger partial charge in [-0.2, -0.15) is 0 Å². The van der Waals surface area contributed by atoms with Gasteiger partial charge in [0.25, 0.3) is 0 Å². The number of fused-ring (bicyclic) bond motifs is 1.